The van der Waals surface area contributed by atoms with Crippen LogP contribution in [-0.2, 0) is 4.79 Å². The third-order valence-corrected chi connectivity index (χ3v) is 8.38. The Bertz CT molecular complexity index is 2240. The number of fused-ring (bicyclic) bond motifs is 4. The van der Waals surface area contributed by atoms with Crippen LogP contribution in [0.2, 0.25) is 10.2 Å². The molecule has 0 fully saturated rings. The molecule has 0 aliphatic carbocycles. The summed E-state index contributed by atoms with van der Waals surface area (Å²) in [6.45, 7) is 1.86. The number of hydrogen-bond donors (Lipinski definition) is 2. The zero-order valence-electron chi connectivity index (χ0n) is 24.7. The molecule has 236 valence electrons. The first-order valence-corrected chi connectivity index (χ1v) is 15.4. The number of benzene rings is 1. The largest absolute Gasteiger partial charge is 0.345 e. The Balaban J connectivity index is 1.31. The standard InChI is InChI=1S/C31H25Cl2N11O3/c1-17-3-2-4-26(42-16-37-22(11-28(42)45)21-10-19(32)5-6-25(21)44-15-27(33)39-41-44)23-9-18(7-8-34-23)29-24(38-30(17)46)14-43(40-29)20-12-35-31(47)36-13-20/h5-17,26H,2-4H2,1H3,(H,38,46)(H,35,36,47). The lowest BCUT2D eigenvalue weighted by Crippen LogP contribution is -2.27. The highest BCUT2D eigenvalue weighted by Crippen LogP contribution is 2.33. The highest BCUT2D eigenvalue weighted by Gasteiger charge is 2.24. The zero-order valence-corrected chi connectivity index (χ0v) is 26.2. The highest BCUT2D eigenvalue weighted by molar-refractivity contribution is 6.31. The molecule has 0 saturated heterocycles. The number of halogens is 2. The van der Waals surface area contributed by atoms with Crippen LogP contribution in [0, 0.1) is 5.92 Å². The Morgan fingerprint density at radius 2 is 1.83 bits per heavy atom. The molecule has 6 aromatic rings. The summed E-state index contributed by atoms with van der Waals surface area (Å²) in [5.41, 5.74) is 3.55. The maximum Gasteiger partial charge on any atom is 0.345 e. The molecule has 14 nitrogen and oxygen atoms in total. The normalized spacial score (nSPS) is 16.5. The molecule has 1 amide bonds. The number of carbonyl (C=O) groups excluding carboxylic acids is 1. The van der Waals surface area contributed by atoms with Crippen LogP contribution >= 0.6 is 23.2 Å². The predicted octanol–water partition coefficient (Wildman–Crippen LogP) is 4.48. The minimum absolute atomic E-state index is 0.161. The van der Waals surface area contributed by atoms with E-state index in [1.165, 1.54) is 34.2 Å². The van der Waals surface area contributed by atoms with Crippen molar-refractivity contribution < 1.29 is 4.79 Å². The van der Waals surface area contributed by atoms with Crippen molar-refractivity contribution in [1.29, 1.82) is 0 Å². The molecule has 1 aromatic carbocycles. The van der Waals surface area contributed by atoms with Gasteiger partial charge in [-0.3, -0.25) is 19.1 Å². The molecule has 0 radical (unpaired) electrons. The third-order valence-electron chi connectivity index (χ3n) is 7.97. The fraction of sp³-hybridized carbons (Fsp3) is 0.194. The van der Waals surface area contributed by atoms with Crippen molar-refractivity contribution in [3.8, 4) is 33.9 Å². The van der Waals surface area contributed by atoms with Crippen LogP contribution in [0.3, 0.4) is 0 Å². The maximum atomic E-state index is 13.8. The Kier molecular flexibility index (Phi) is 7.95. The Morgan fingerprint density at radius 3 is 2.60 bits per heavy atom. The van der Waals surface area contributed by atoms with Crippen molar-refractivity contribution in [3.63, 3.8) is 0 Å². The van der Waals surface area contributed by atoms with E-state index in [9.17, 15) is 14.4 Å². The van der Waals surface area contributed by atoms with Gasteiger partial charge in [-0.25, -0.2) is 19.1 Å². The molecule has 2 N–H and O–H groups in total. The average Bonchev–Trinajstić information content (AvgIpc) is 3.69. The summed E-state index contributed by atoms with van der Waals surface area (Å²) in [7, 11) is 0. The average molecular weight is 671 g/mol. The minimum atomic E-state index is -0.488. The Morgan fingerprint density at radius 1 is 0.957 bits per heavy atom. The van der Waals surface area contributed by atoms with Gasteiger partial charge in [-0.05, 0) is 43.2 Å². The first-order valence-electron chi connectivity index (χ1n) is 14.6. The summed E-state index contributed by atoms with van der Waals surface area (Å²) in [5, 5.41) is 16.3. The topological polar surface area (TPSA) is 171 Å². The molecule has 5 aromatic heterocycles. The number of amides is 1. The van der Waals surface area contributed by atoms with Gasteiger partial charge < -0.3 is 10.3 Å². The molecule has 16 heteroatoms. The van der Waals surface area contributed by atoms with Gasteiger partial charge in [0.2, 0.25) is 5.91 Å². The first kappa shape index (κ1) is 30.2. The van der Waals surface area contributed by atoms with Crippen molar-refractivity contribution in [2.24, 2.45) is 5.92 Å². The van der Waals surface area contributed by atoms with E-state index in [1.807, 2.05) is 13.0 Å². The van der Waals surface area contributed by atoms with Crippen molar-refractivity contribution in [3.05, 3.63) is 110 Å². The maximum absolute atomic E-state index is 13.8. The number of nitrogens with one attached hydrogen (secondary N) is 2. The highest BCUT2D eigenvalue weighted by atomic mass is 35.5. The van der Waals surface area contributed by atoms with Gasteiger partial charge in [-0.15, -0.1) is 5.10 Å². The summed E-state index contributed by atoms with van der Waals surface area (Å²) in [4.78, 5) is 54.2. The predicted molar refractivity (Wildman–Crippen MR) is 174 cm³/mol. The SMILES string of the molecule is CC1CCCC(n2cnc(-c3cc(Cl)ccc3-n3cc(Cl)nn3)cc2=O)c2cc(ccn2)-c2nn(-c3cnc(=O)[nH]c3)cc2NC1=O. The second-order valence-electron chi connectivity index (χ2n) is 11.1. The number of nitrogens with zero attached hydrogens (tertiary/aromatic N) is 9. The summed E-state index contributed by atoms with van der Waals surface area (Å²) < 4.78 is 4.57. The lowest BCUT2D eigenvalue weighted by Gasteiger charge is -2.22. The van der Waals surface area contributed by atoms with Crippen molar-refractivity contribution in [2.45, 2.75) is 32.2 Å². The number of aromatic amines is 1. The molecule has 0 spiro atoms. The molecule has 0 saturated carbocycles. The molecule has 2 bridgehead atoms. The quantitative estimate of drug-likeness (QED) is 0.275. The molecule has 1 aliphatic rings. The van der Waals surface area contributed by atoms with Crippen LogP contribution in [0.5, 0.6) is 0 Å². The smallest absolute Gasteiger partial charge is 0.323 e. The van der Waals surface area contributed by atoms with Crippen molar-refractivity contribution in [1.82, 2.24) is 49.3 Å². The molecule has 6 heterocycles. The van der Waals surface area contributed by atoms with Crippen LogP contribution in [0.15, 0.2) is 83.3 Å². The fourth-order valence-electron chi connectivity index (χ4n) is 5.55. The molecule has 2 atom stereocenters. The van der Waals surface area contributed by atoms with Crippen LogP contribution in [0.4, 0.5) is 5.69 Å². The van der Waals surface area contributed by atoms with Gasteiger partial charge in [0.1, 0.15) is 5.69 Å². The van der Waals surface area contributed by atoms with Gasteiger partial charge >= 0.3 is 5.69 Å². The Hall–Kier alpha value is -5.47. The van der Waals surface area contributed by atoms with Gasteiger partial charge in [0, 0.05) is 40.5 Å². The molecular formula is C31H25Cl2N11O3. The van der Waals surface area contributed by atoms with E-state index >= 15 is 0 Å². The van der Waals surface area contributed by atoms with E-state index in [-0.39, 0.29) is 22.5 Å². The monoisotopic (exact) mass is 669 g/mol. The lowest BCUT2D eigenvalue weighted by molar-refractivity contribution is -0.119. The van der Waals surface area contributed by atoms with E-state index in [2.05, 4.69) is 35.6 Å². The number of carbonyl (C=O) groups is 1. The number of H-pyrrole nitrogens is 1. The van der Waals surface area contributed by atoms with Gasteiger partial charge in [0.15, 0.2) is 5.15 Å². The van der Waals surface area contributed by atoms with Gasteiger partial charge in [-0.2, -0.15) is 10.1 Å². The van der Waals surface area contributed by atoms with Gasteiger partial charge in [0.05, 0.1) is 59.4 Å². The second-order valence-corrected chi connectivity index (χ2v) is 11.9. The number of aromatic nitrogens is 10. The fourth-order valence-corrected chi connectivity index (χ4v) is 5.85. The summed E-state index contributed by atoms with van der Waals surface area (Å²) in [6.07, 6.45) is 11.0. The minimum Gasteiger partial charge on any atom is -0.323 e. The molecule has 47 heavy (non-hydrogen) atoms. The van der Waals surface area contributed by atoms with Crippen LogP contribution < -0.4 is 16.6 Å². The summed E-state index contributed by atoms with van der Waals surface area (Å²) in [5.74, 6) is -0.484. The molecule has 2 unspecified atom stereocenters. The lowest BCUT2D eigenvalue weighted by atomic mass is 9.97. The number of rotatable bonds is 4. The Labute approximate surface area is 276 Å². The van der Waals surface area contributed by atoms with Crippen LogP contribution in [-0.4, -0.2) is 55.2 Å². The number of hydrogen-bond acceptors (Lipinski definition) is 9. The van der Waals surface area contributed by atoms with Crippen LogP contribution in [0.25, 0.3) is 33.9 Å². The first-order chi connectivity index (χ1) is 22.7. The molecular weight excluding hydrogens is 645 g/mol. The third kappa shape index (κ3) is 6.07. The molecule has 1 aliphatic heterocycles. The van der Waals surface area contributed by atoms with E-state index < -0.39 is 11.7 Å². The van der Waals surface area contributed by atoms with Crippen molar-refractivity contribution in [2.75, 3.05) is 5.32 Å². The van der Waals surface area contributed by atoms with E-state index in [1.54, 1.807) is 47.4 Å². The van der Waals surface area contributed by atoms with E-state index in [4.69, 9.17) is 28.3 Å². The number of pyridine rings is 1. The van der Waals surface area contributed by atoms with E-state index in [0.717, 1.165) is 0 Å². The van der Waals surface area contributed by atoms with Gasteiger partial charge in [-0.1, -0.05) is 41.8 Å². The second kappa shape index (κ2) is 12.4. The summed E-state index contributed by atoms with van der Waals surface area (Å²) >= 11 is 12.3. The summed E-state index contributed by atoms with van der Waals surface area (Å²) in [6, 6.07) is 9.75. The number of anilines is 1. The zero-order chi connectivity index (χ0) is 32.7. The van der Waals surface area contributed by atoms with E-state index in [0.29, 0.717) is 69.6 Å². The van der Waals surface area contributed by atoms with Crippen LogP contribution in [0.1, 0.15) is 37.9 Å². The van der Waals surface area contributed by atoms with Gasteiger partial charge in [0.25, 0.3) is 5.56 Å². The van der Waals surface area contributed by atoms with Crippen molar-refractivity contribution >= 4 is 34.8 Å². The molecule has 7 rings (SSSR count).